The second kappa shape index (κ2) is 12.9. The normalized spacial score (nSPS) is 10.7. The predicted octanol–water partition coefficient (Wildman–Crippen LogP) is 5.23. The maximum Gasteiger partial charge on any atom is 0.271 e. The quantitative estimate of drug-likeness (QED) is 0.295. The van der Waals surface area contributed by atoms with Crippen molar-refractivity contribution in [3.05, 3.63) is 83.4 Å². The summed E-state index contributed by atoms with van der Waals surface area (Å²) in [5.41, 5.74) is 4.76. The number of nitrogens with one attached hydrogen (secondary N) is 1. The van der Waals surface area contributed by atoms with Crippen molar-refractivity contribution >= 4 is 12.1 Å². The fourth-order valence-corrected chi connectivity index (χ4v) is 3.10. The molecule has 7 nitrogen and oxygen atoms in total. The topological polar surface area (TPSA) is 78.4 Å². The van der Waals surface area contributed by atoms with Crippen LogP contribution in [0.3, 0.4) is 0 Å². The van der Waals surface area contributed by atoms with E-state index in [1.165, 1.54) is 0 Å². The van der Waals surface area contributed by atoms with Crippen molar-refractivity contribution in [2.45, 2.75) is 26.9 Å². The molecule has 0 fully saturated rings. The molecular weight excluding hydrogens is 432 g/mol. The summed E-state index contributed by atoms with van der Waals surface area (Å²) in [6.45, 7) is 5.39. The smallest absolute Gasteiger partial charge is 0.271 e. The molecule has 0 radical (unpaired) electrons. The average molecular weight is 463 g/mol. The van der Waals surface area contributed by atoms with E-state index in [0.717, 1.165) is 17.5 Å². The van der Waals surface area contributed by atoms with Crippen molar-refractivity contribution in [1.82, 2.24) is 5.43 Å². The third-order valence-corrected chi connectivity index (χ3v) is 4.77. The molecule has 34 heavy (non-hydrogen) atoms. The molecule has 0 bridgehead atoms. The molecule has 0 unspecified atom stereocenters. The van der Waals surface area contributed by atoms with Crippen molar-refractivity contribution in [2.75, 3.05) is 20.3 Å². The summed E-state index contributed by atoms with van der Waals surface area (Å²) < 4.78 is 22.6. The molecule has 3 aromatic carbocycles. The first-order valence-electron chi connectivity index (χ1n) is 11.2. The van der Waals surface area contributed by atoms with Gasteiger partial charge in [-0.3, -0.25) is 4.79 Å². The molecule has 0 aliphatic carbocycles. The summed E-state index contributed by atoms with van der Waals surface area (Å²) in [6.07, 6.45) is 2.45. The Balaban J connectivity index is 1.64. The van der Waals surface area contributed by atoms with Gasteiger partial charge in [0.2, 0.25) is 0 Å². The molecule has 178 valence electrons. The number of amides is 1. The number of hydrazone groups is 1. The predicted molar refractivity (Wildman–Crippen MR) is 132 cm³/mol. The first kappa shape index (κ1) is 24.6. The largest absolute Gasteiger partial charge is 0.493 e. The van der Waals surface area contributed by atoms with Crippen molar-refractivity contribution in [3.63, 3.8) is 0 Å². The van der Waals surface area contributed by atoms with E-state index in [9.17, 15) is 4.79 Å². The molecular formula is C27H30N2O5. The molecule has 3 aromatic rings. The van der Waals surface area contributed by atoms with Gasteiger partial charge in [0.25, 0.3) is 5.91 Å². The molecule has 0 aliphatic rings. The van der Waals surface area contributed by atoms with E-state index in [2.05, 4.69) is 10.5 Å². The SMILES string of the molecule is CCCOc1ccc(/C=N/NC(=O)c2ccc(OCc3ccccc3)c(OCC)c2)cc1OC. The van der Waals surface area contributed by atoms with Crippen LogP contribution in [0.1, 0.15) is 41.8 Å². The van der Waals surface area contributed by atoms with Gasteiger partial charge in [0, 0.05) is 5.56 Å². The molecule has 0 saturated heterocycles. The van der Waals surface area contributed by atoms with Gasteiger partial charge >= 0.3 is 0 Å². The number of ether oxygens (including phenoxy) is 4. The zero-order valence-electron chi connectivity index (χ0n) is 19.7. The first-order valence-corrected chi connectivity index (χ1v) is 11.2. The minimum Gasteiger partial charge on any atom is -0.493 e. The lowest BCUT2D eigenvalue weighted by Gasteiger charge is -2.13. The number of benzene rings is 3. The van der Waals surface area contributed by atoms with Gasteiger partial charge in [-0.05, 0) is 60.9 Å². The van der Waals surface area contributed by atoms with Crippen molar-refractivity contribution < 1.29 is 23.7 Å². The van der Waals surface area contributed by atoms with Crippen LogP contribution in [0.15, 0.2) is 71.8 Å². The van der Waals surface area contributed by atoms with Crippen LogP contribution in [0.5, 0.6) is 23.0 Å². The third-order valence-electron chi connectivity index (χ3n) is 4.77. The lowest BCUT2D eigenvalue weighted by Crippen LogP contribution is -2.17. The zero-order valence-corrected chi connectivity index (χ0v) is 19.7. The summed E-state index contributed by atoms with van der Waals surface area (Å²) in [5.74, 6) is 1.99. The Hall–Kier alpha value is -4.00. The Morgan fingerprint density at radius 1 is 0.882 bits per heavy atom. The highest BCUT2D eigenvalue weighted by Crippen LogP contribution is 2.30. The molecule has 0 spiro atoms. The lowest BCUT2D eigenvalue weighted by atomic mass is 10.2. The molecule has 0 aliphatic heterocycles. The van der Waals surface area contributed by atoms with Crippen molar-refractivity contribution in [3.8, 4) is 23.0 Å². The van der Waals surface area contributed by atoms with Crippen LogP contribution in [-0.4, -0.2) is 32.4 Å². The van der Waals surface area contributed by atoms with Gasteiger partial charge in [-0.15, -0.1) is 0 Å². The summed E-state index contributed by atoms with van der Waals surface area (Å²) in [5, 5.41) is 4.07. The standard InChI is InChI=1S/C27H30N2O5/c1-4-15-33-23-13-11-21(16-25(23)31-3)18-28-29-27(30)22-12-14-24(26(17-22)32-5-2)34-19-20-9-7-6-8-10-20/h6-14,16-18H,4-5,15,19H2,1-3H3,(H,29,30)/b28-18+. The molecule has 0 heterocycles. The summed E-state index contributed by atoms with van der Waals surface area (Å²) in [6, 6.07) is 20.4. The number of methoxy groups -OCH3 is 1. The zero-order chi connectivity index (χ0) is 24.2. The molecule has 7 heteroatoms. The Kier molecular flexibility index (Phi) is 9.34. The lowest BCUT2D eigenvalue weighted by molar-refractivity contribution is 0.0954. The van der Waals surface area contributed by atoms with Crippen molar-refractivity contribution in [2.24, 2.45) is 5.10 Å². The highest BCUT2D eigenvalue weighted by atomic mass is 16.5. The van der Waals surface area contributed by atoms with Gasteiger partial charge in [-0.1, -0.05) is 37.3 Å². The minimum absolute atomic E-state index is 0.360. The van der Waals surface area contributed by atoms with E-state index in [1.807, 2.05) is 56.3 Å². The van der Waals surface area contributed by atoms with Crippen LogP contribution in [0.2, 0.25) is 0 Å². The molecule has 3 rings (SSSR count). The molecule has 0 aromatic heterocycles. The molecule has 1 amide bonds. The van der Waals surface area contributed by atoms with Gasteiger partial charge in [0.05, 0.1) is 26.5 Å². The maximum atomic E-state index is 12.6. The van der Waals surface area contributed by atoms with Gasteiger partial charge < -0.3 is 18.9 Å². The van der Waals surface area contributed by atoms with Gasteiger partial charge in [-0.2, -0.15) is 5.10 Å². The van der Waals surface area contributed by atoms with Gasteiger partial charge in [0.1, 0.15) is 6.61 Å². The van der Waals surface area contributed by atoms with E-state index in [0.29, 0.717) is 48.4 Å². The number of carbonyl (C=O) groups is 1. The van der Waals surface area contributed by atoms with Gasteiger partial charge in [0.15, 0.2) is 23.0 Å². The fraction of sp³-hybridized carbons (Fsp3) is 0.259. The monoisotopic (exact) mass is 462 g/mol. The van der Waals surface area contributed by atoms with E-state index in [4.69, 9.17) is 18.9 Å². The first-order chi connectivity index (χ1) is 16.6. The van der Waals surface area contributed by atoms with E-state index >= 15 is 0 Å². The Bertz CT molecular complexity index is 1100. The van der Waals surface area contributed by atoms with Gasteiger partial charge in [-0.25, -0.2) is 5.43 Å². The number of hydrogen-bond donors (Lipinski definition) is 1. The summed E-state index contributed by atoms with van der Waals surface area (Å²) in [7, 11) is 1.58. The highest BCUT2D eigenvalue weighted by molar-refractivity contribution is 5.95. The van der Waals surface area contributed by atoms with Crippen LogP contribution >= 0.6 is 0 Å². The van der Waals surface area contributed by atoms with E-state index in [1.54, 1.807) is 37.6 Å². The van der Waals surface area contributed by atoms with Crippen LogP contribution < -0.4 is 24.4 Å². The third kappa shape index (κ3) is 7.00. The van der Waals surface area contributed by atoms with E-state index < -0.39 is 0 Å². The highest BCUT2D eigenvalue weighted by Gasteiger charge is 2.12. The summed E-state index contributed by atoms with van der Waals surface area (Å²) in [4.78, 5) is 12.6. The number of hydrogen-bond acceptors (Lipinski definition) is 6. The Morgan fingerprint density at radius 2 is 1.65 bits per heavy atom. The molecule has 0 saturated carbocycles. The van der Waals surface area contributed by atoms with Crippen LogP contribution in [-0.2, 0) is 6.61 Å². The van der Waals surface area contributed by atoms with Crippen LogP contribution in [0.25, 0.3) is 0 Å². The number of rotatable bonds is 12. The number of carbonyl (C=O) groups excluding carboxylic acids is 1. The average Bonchev–Trinajstić information content (AvgIpc) is 2.87. The number of nitrogens with zero attached hydrogens (tertiary/aromatic N) is 1. The molecule has 0 atom stereocenters. The van der Waals surface area contributed by atoms with Crippen LogP contribution in [0, 0.1) is 0 Å². The summed E-state index contributed by atoms with van der Waals surface area (Å²) >= 11 is 0. The fourth-order valence-electron chi connectivity index (χ4n) is 3.10. The second-order valence-electron chi connectivity index (χ2n) is 7.33. The second-order valence-corrected chi connectivity index (χ2v) is 7.33. The van der Waals surface area contributed by atoms with Crippen molar-refractivity contribution in [1.29, 1.82) is 0 Å². The van der Waals surface area contributed by atoms with E-state index in [-0.39, 0.29) is 5.91 Å². The minimum atomic E-state index is -0.360. The van der Waals surface area contributed by atoms with Crippen LogP contribution in [0.4, 0.5) is 0 Å². The maximum absolute atomic E-state index is 12.6. The molecule has 1 N–H and O–H groups in total. The Morgan fingerprint density at radius 3 is 2.38 bits per heavy atom. The Labute approximate surface area is 200 Å².